The highest BCUT2D eigenvalue weighted by Crippen LogP contribution is 2.60. The van der Waals surface area contributed by atoms with Gasteiger partial charge in [-0.2, -0.15) is 0 Å². The molecule has 0 unspecified atom stereocenters. The minimum Gasteiger partial charge on any atom is -0.481 e. The van der Waals surface area contributed by atoms with Crippen LogP contribution in [0.15, 0.2) is 11.6 Å². The molecule has 3 heteroatoms. The predicted molar refractivity (Wildman–Crippen MR) is 53.7 cm³/mol. The molecule has 0 radical (unpaired) electrons. The van der Waals surface area contributed by atoms with Crippen molar-refractivity contribution in [1.29, 1.82) is 0 Å². The third-order valence-electron chi connectivity index (χ3n) is 3.94. The summed E-state index contributed by atoms with van der Waals surface area (Å²) in [6.45, 7) is 2.61. The molecule has 2 rings (SSSR count). The second-order valence-electron chi connectivity index (χ2n) is 4.76. The Labute approximate surface area is 84.0 Å². The standard InChI is InChI=1S/C11H17NO2/c1-7-2-3-8-4-11(6-12,10(7)8)5-9(13)14/h2,8,10H,3-6,12H2,1H3,(H,13,14)/t8-,10+,11-/m0/s1. The van der Waals surface area contributed by atoms with Gasteiger partial charge in [0.1, 0.15) is 0 Å². The van der Waals surface area contributed by atoms with Gasteiger partial charge in [0.25, 0.3) is 0 Å². The maximum Gasteiger partial charge on any atom is 0.303 e. The summed E-state index contributed by atoms with van der Waals surface area (Å²) in [6, 6.07) is 0. The summed E-state index contributed by atoms with van der Waals surface area (Å²) in [7, 11) is 0. The quantitative estimate of drug-likeness (QED) is 0.669. The fourth-order valence-electron chi connectivity index (χ4n) is 3.41. The van der Waals surface area contributed by atoms with Crippen LogP contribution in [0.1, 0.15) is 26.2 Å². The van der Waals surface area contributed by atoms with E-state index in [0.717, 1.165) is 12.8 Å². The Hall–Kier alpha value is -0.830. The Morgan fingerprint density at radius 1 is 1.79 bits per heavy atom. The summed E-state index contributed by atoms with van der Waals surface area (Å²) < 4.78 is 0. The first kappa shape index (κ1) is 9.71. The Morgan fingerprint density at radius 2 is 2.50 bits per heavy atom. The van der Waals surface area contributed by atoms with Gasteiger partial charge in [-0.1, -0.05) is 11.6 Å². The minimum absolute atomic E-state index is 0.131. The number of aliphatic carboxylic acids is 1. The third-order valence-corrected chi connectivity index (χ3v) is 3.94. The van der Waals surface area contributed by atoms with Crippen molar-refractivity contribution in [2.45, 2.75) is 26.2 Å². The number of carboxylic acid groups (broad SMARTS) is 1. The zero-order valence-electron chi connectivity index (χ0n) is 8.49. The monoisotopic (exact) mass is 195 g/mol. The zero-order chi connectivity index (χ0) is 10.3. The molecule has 0 aromatic heterocycles. The molecule has 0 aromatic rings. The molecule has 0 saturated heterocycles. The van der Waals surface area contributed by atoms with Gasteiger partial charge in [0.05, 0.1) is 6.42 Å². The summed E-state index contributed by atoms with van der Waals surface area (Å²) >= 11 is 0. The molecule has 0 bridgehead atoms. The minimum atomic E-state index is -0.714. The number of nitrogens with two attached hydrogens (primary N) is 1. The lowest BCUT2D eigenvalue weighted by molar-refractivity contribution is -0.144. The molecule has 0 spiro atoms. The largest absolute Gasteiger partial charge is 0.481 e. The van der Waals surface area contributed by atoms with E-state index in [-0.39, 0.29) is 11.8 Å². The number of allylic oxidation sites excluding steroid dienone is 2. The normalized spacial score (nSPS) is 40.0. The van der Waals surface area contributed by atoms with Crippen LogP contribution in [0, 0.1) is 17.3 Å². The van der Waals surface area contributed by atoms with Crippen LogP contribution in [0.5, 0.6) is 0 Å². The van der Waals surface area contributed by atoms with Crippen molar-refractivity contribution in [3.63, 3.8) is 0 Å². The average molecular weight is 195 g/mol. The highest BCUT2D eigenvalue weighted by atomic mass is 16.4. The first-order valence-corrected chi connectivity index (χ1v) is 5.17. The summed E-state index contributed by atoms with van der Waals surface area (Å²) in [5.74, 6) is 0.412. The highest BCUT2D eigenvalue weighted by molar-refractivity contribution is 5.68. The average Bonchev–Trinajstić information content (AvgIpc) is 2.37. The van der Waals surface area contributed by atoms with Gasteiger partial charge in [0.15, 0.2) is 0 Å². The molecule has 14 heavy (non-hydrogen) atoms. The summed E-state index contributed by atoms with van der Waals surface area (Å²) in [5.41, 5.74) is 6.97. The van der Waals surface area contributed by atoms with Crippen LogP contribution in [0.4, 0.5) is 0 Å². The maximum absolute atomic E-state index is 10.8. The van der Waals surface area contributed by atoms with Crippen LogP contribution in [-0.2, 0) is 4.79 Å². The zero-order valence-corrected chi connectivity index (χ0v) is 8.49. The number of rotatable bonds is 3. The number of carbonyl (C=O) groups is 1. The summed E-state index contributed by atoms with van der Waals surface area (Å²) in [5, 5.41) is 8.88. The molecule has 2 aliphatic carbocycles. The fourth-order valence-corrected chi connectivity index (χ4v) is 3.41. The van der Waals surface area contributed by atoms with Crippen LogP contribution in [-0.4, -0.2) is 17.6 Å². The van der Waals surface area contributed by atoms with E-state index in [9.17, 15) is 4.79 Å². The van der Waals surface area contributed by atoms with Crippen LogP contribution in [0.25, 0.3) is 0 Å². The molecule has 1 fully saturated rings. The van der Waals surface area contributed by atoms with E-state index in [1.165, 1.54) is 5.57 Å². The molecule has 0 aromatic carbocycles. The van der Waals surface area contributed by atoms with E-state index in [1.807, 2.05) is 0 Å². The van der Waals surface area contributed by atoms with E-state index in [2.05, 4.69) is 13.0 Å². The van der Waals surface area contributed by atoms with Crippen LogP contribution in [0.3, 0.4) is 0 Å². The Balaban J connectivity index is 2.16. The van der Waals surface area contributed by atoms with Gasteiger partial charge < -0.3 is 10.8 Å². The van der Waals surface area contributed by atoms with Gasteiger partial charge in [0, 0.05) is 5.41 Å². The van der Waals surface area contributed by atoms with E-state index in [0.29, 0.717) is 18.4 Å². The topological polar surface area (TPSA) is 63.3 Å². The molecule has 78 valence electrons. The van der Waals surface area contributed by atoms with Crippen LogP contribution >= 0.6 is 0 Å². The molecule has 0 heterocycles. The van der Waals surface area contributed by atoms with Crippen LogP contribution < -0.4 is 5.73 Å². The van der Waals surface area contributed by atoms with Crippen molar-refractivity contribution >= 4 is 5.97 Å². The van der Waals surface area contributed by atoms with E-state index in [1.54, 1.807) is 0 Å². The Kier molecular flexibility index (Phi) is 2.14. The molecule has 2 aliphatic rings. The molecule has 3 nitrogen and oxygen atoms in total. The van der Waals surface area contributed by atoms with Crippen molar-refractivity contribution < 1.29 is 9.90 Å². The Bertz CT molecular complexity index is 298. The lowest BCUT2D eigenvalue weighted by Crippen LogP contribution is -2.52. The second-order valence-corrected chi connectivity index (χ2v) is 4.76. The van der Waals surface area contributed by atoms with E-state index >= 15 is 0 Å². The van der Waals surface area contributed by atoms with Crippen molar-refractivity contribution in [2.24, 2.45) is 23.0 Å². The van der Waals surface area contributed by atoms with Gasteiger partial charge in [0.2, 0.25) is 0 Å². The van der Waals surface area contributed by atoms with Crippen molar-refractivity contribution in [2.75, 3.05) is 6.54 Å². The second kappa shape index (κ2) is 3.09. The molecular formula is C11H17NO2. The molecule has 0 amide bonds. The van der Waals surface area contributed by atoms with Gasteiger partial charge in [-0.05, 0) is 38.1 Å². The van der Waals surface area contributed by atoms with Gasteiger partial charge in [-0.25, -0.2) is 0 Å². The molecule has 3 atom stereocenters. The number of fused-ring (bicyclic) bond motifs is 1. The number of hydrogen-bond donors (Lipinski definition) is 2. The van der Waals surface area contributed by atoms with Gasteiger partial charge in [-0.3, -0.25) is 4.79 Å². The molecule has 0 aliphatic heterocycles. The summed E-state index contributed by atoms with van der Waals surface area (Å²) in [4.78, 5) is 10.8. The Morgan fingerprint density at radius 3 is 3.00 bits per heavy atom. The van der Waals surface area contributed by atoms with Gasteiger partial charge >= 0.3 is 5.97 Å². The molecule has 1 saturated carbocycles. The summed E-state index contributed by atoms with van der Waals surface area (Å²) in [6.07, 6.45) is 4.59. The van der Waals surface area contributed by atoms with Crippen molar-refractivity contribution in [3.8, 4) is 0 Å². The smallest absolute Gasteiger partial charge is 0.303 e. The fraction of sp³-hybridized carbons (Fsp3) is 0.727. The van der Waals surface area contributed by atoms with Gasteiger partial charge in [-0.15, -0.1) is 0 Å². The lowest BCUT2D eigenvalue weighted by atomic mass is 9.52. The third kappa shape index (κ3) is 1.19. The first-order chi connectivity index (χ1) is 6.59. The number of carboxylic acids is 1. The number of hydrogen-bond acceptors (Lipinski definition) is 2. The first-order valence-electron chi connectivity index (χ1n) is 5.17. The SMILES string of the molecule is CC1=CC[C@H]2C[C@@](CN)(CC(=O)O)[C@H]12. The lowest BCUT2D eigenvalue weighted by Gasteiger charge is -2.52. The van der Waals surface area contributed by atoms with Crippen LogP contribution in [0.2, 0.25) is 0 Å². The molecular weight excluding hydrogens is 178 g/mol. The van der Waals surface area contributed by atoms with Crippen molar-refractivity contribution in [3.05, 3.63) is 11.6 Å². The van der Waals surface area contributed by atoms with Crippen molar-refractivity contribution in [1.82, 2.24) is 0 Å². The molecule has 3 N–H and O–H groups in total. The predicted octanol–water partition coefficient (Wildman–Crippen LogP) is 1.39. The van der Waals surface area contributed by atoms with E-state index < -0.39 is 5.97 Å². The van der Waals surface area contributed by atoms with E-state index in [4.69, 9.17) is 10.8 Å². The highest BCUT2D eigenvalue weighted by Gasteiger charge is 2.55. The maximum atomic E-state index is 10.8.